The number of aromatic amines is 1. The number of H-pyrrole nitrogens is 1. The summed E-state index contributed by atoms with van der Waals surface area (Å²) in [5.74, 6) is 1.15. The van der Waals surface area contributed by atoms with Gasteiger partial charge in [0.15, 0.2) is 0 Å². The largest absolute Gasteiger partial charge is 0.361 e. The molecular weight excluding hydrogens is 436 g/mol. The summed E-state index contributed by atoms with van der Waals surface area (Å²) >= 11 is 0. The summed E-state index contributed by atoms with van der Waals surface area (Å²) in [4.78, 5) is 24.8. The fourth-order valence-electron chi connectivity index (χ4n) is 3.90. The van der Waals surface area contributed by atoms with Crippen LogP contribution < -0.4 is 16.0 Å². The van der Waals surface area contributed by atoms with Crippen molar-refractivity contribution < 1.29 is 4.79 Å². The van der Waals surface area contributed by atoms with Gasteiger partial charge in [0.2, 0.25) is 11.9 Å². The highest BCUT2D eigenvalue weighted by atomic mass is 16.1. The third kappa shape index (κ3) is 5.47. The molecule has 0 aliphatic carbocycles. The van der Waals surface area contributed by atoms with Crippen LogP contribution in [0.5, 0.6) is 0 Å². The van der Waals surface area contributed by atoms with E-state index in [-0.39, 0.29) is 5.91 Å². The van der Waals surface area contributed by atoms with E-state index in [2.05, 4.69) is 37.8 Å². The van der Waals surface area contributed by atoms with Gasteiger partial charge in [-0.1, -0.05) is 35.9 Å². The van der Waals surface area contributed by atoms with Crippen molar-refractivity contribution in [1.82, 2.24) is 15.0 Å². The molecule has 0 unspecified atom stereocenters. The summed E-state index contributed by atoms with van der Waals surface area (Å²) in [6.45, 7) is 3.98. The van der Waals surface area contributed by atoms with Crippen molar-refractivity contribution >= 4 is 45.6 Å². The van der Waals surface area contributed by atoms with E-state index in [9.17, 15) is 4.79 Å². The van der Waals surface area contributed by atoms with Crippen LogP contribution in [0.1, 0.15) is 16.8 Å². The predicted octanol–water partition coefficient (Wildman–Crippen LogP) is 6.24. The summed E-state index contributed by atoms with van der Waals surface area (Å²) in [6.07, 6.45) is 2.20. The lowest BCUT2D eigenvalue weighted by Gasteiger charge is -2.11. The van der Waals surface area contributed by atoms with Crippen LogP contribution in [-0.4, -0.2) is 20.9 Å². The van der Waals surface area contributed by atoms with Crippen molar-refractivity contribution in [3.8, 4) is 0 Å². The molecule has 2 aromatic heterocycles. The standard InChI is InChI=1S/C28H26N6O/c1-18-7-9-23(10-8-18)33-28-30-19(2)15-26(34-28)31-21-11-13-22(14-12-21)32-27(35)16-20-17-29-25-6-4-3-5-24(20)25/h3-15,17,29H,16H2,1-2H3,(H,32,35)(H2,30,31,33,34). The highest BCUT2D eigenvalue weighted by molar-refractivity contribution is 5.95. The highest BCUT2D eigenvalue weighted by Gasteiger charge is 2.09. The molecule has 3 aromatic carbocycles. The van der Waals surface area contributed by atoms with Gasteiger partial charge in [-0.3, -0.25) is 4.79 Å². The first-order valence-corrected chi connectivity index (χ1v) is 11.4. The van der Waals surface area contributed by atoms with Crippen LogP contribution in [0.3, 0.4) is 0 Å². The Bertz CT molecular complexity index is 1470. The van der Waals surface area contributed by atoms with Gasteiger partial charge in [0.1, 0.15) is 5.82 Å². The molecule has 2 heterocycles. The second-order valence-electron chi connectivity index (χ2n) is 8.50. The zero-order valence-electron chi connectivity index (χ0n) is 19.6. The van der Waals surface area contributed by atoms with Gasteiger partial charge in [-0.25, -0.2) is 4.98 Å². The van der Waals surface area contributed by atoms with Crippen molar-refractivity contribution in [2.75, 3.05) is 16.0 Å². The number of fused-ring (bicyclic) bond motifs is 1. The first-order valence-electron chi connectivity index (χ1n) is 11.4. The Hall–Kier alpha value is -4.65. The molecule has 5 aromatic rings. The molecule has 0 aliphatic rings. The number of carbonyl (C=O) groups excluding carboxylic acids is 1. The van der Waals surface area contributed by atoms with E-state index in [0.717, 1.165) is 39.2 Å². The maximum absolute atomic E-state index is 12.6. The minimum absolute atomic E-state index is 0.0614. The third-order valence-corrected chi connectivity index (χ3v) is 5.63. The molecule has 7 nitrogen and oxygen atoms in total. The number of hydrogen-bond acceptors (Lipinski definition) is 5. The Morgan fingerprint density at radius 1 is 0.829 bits per heavy atom. The summed E-state index contributed by atoms with van der Waals surface area (Å²) in [5.41, 5.74) is 6.58. The van der Waals surface area contributed by atoms with Gasteiger partial charge in [0.25, 0.3) is 0 Å². The van der Waals surface area contributed by atoms with Gasteiger partial charge in [-0.15, -0.1) is 0 Å². The fraction of sp³-hybridized carbons (Fsp3) is 0.107. The number of rotatable bonds is 7. The van der Waals surface area contributed by atoms with Crippen LogP contribution in [0.2, 0.25) is 0 Å². The molecular formula is C28H26N6O. The second kappa shape index (κ2) is 9.69. The zero-order chi connectivity index (χ0) is 24.2. The number of nitrogens with one attached hydrogen (secondary N) is 4. The minimum Gasteiger partial charge on any atom is -0.361 e. The van der Waals surface area contributed by atoms with Crippen LogP contribution in [0.4, 0.5) is 28.8 Å². The molecule has 4 N–H and O–H groups in total. The number of carbonyl (C=O) groups is 1. The molecule has 0 saturated carbocycles. The summed E-state index contributed by atoms with van der Waals surface area (Å²) in [7, 11) is 0. The van der Waals surface area contributed by atoms with E-state index in [1.807, 2.05) is 92.0 Å². The van der Waals surface area contributed by atoms with E-state index < -0.39 is 0 Å². The summed E-state index contributed by atoms with van der Waals surface area (Å²) in [5, 5.41) is 10.6. The number of amides is 1. The van der Waals surface area contributed by atoms with E-state index in [0.29, 0.717) is 18.2 Å². The summed E-state index contributed by atoms with van der Waals surface area (Å²) < 4.78 is 0. The maximum atomic E-state index is 12.6. The van der Waals surface area contributed by atoms with Gasteiger partial charge in [-0.05, 0) is 61.9 Å². The Morgan fingerprint density at radius 3 is 2.31 bits per heavy atom. The smallest absolute Gasteiger partial charge is 0.229 e. The first-order chi connectivity index (χ1) is 17.0. The van der Waals surface area contributed by atoms with Crippen LogP contribution in [-0.2, 0) is 11.2 Å². The number of hydrogen-bond donors (Lipinski definition) is 4. The Labute approximate surface area is 203 Å². The molecule has 0 aliphatic heterocycles. The van der Waals surface area contributed by atoms with Crippen LogP contribution in [0.25, 0.3) is 10.9 Å². The van der Waals surface area contributed by atoms with Crippen molar-refractivity contribution in [3.05, 3.63) is 102 Å². The lowest BCUT2D eigenvalue weighted by atomic mass is 10.1. The van der Waals surface area contributed by atoms with Gasteiger partial charge in [-0.2, -0.15) is 4.98 Å². The van der Waals surface area contributed by atoms with E-state index >= 15 is 0 Å². The van der Waals surface area contributed by atoms with Gasteiger partial charge in [0.05, 0.1) is 6.42 Å². The van der Waals surface area contributed by atoms with Crippen molar-refractivity contribution in [2.24, 2.45) is 0 Å². The molecule has 0 radical (unpaired) electrons. The molecule has 0 bridgehead atoms. The van der Waals surface area contributed by atoms with E-state index in [4.69, 9.17) is 0 Å². The minimum atomic E-state index is -0.0614. The lowest BCUT2D eigenvalue weighted by Crippen LogP contribution is -2.14. The molecule has 1 amide bonds. The number of aromatic nitrogens is 3. The summed E-state index contributed by atoms with van der Waals surface area (Å²) in [6, 6.07) is 25.5. The number of aryl methyl sites for hydroxylation is 2. The molecule has 7 heteroatoms. The molecule has 174 valence electrons. The van der Waals surface area contributed by atoms with E-state index in [1.165, 1.54) is 5.56 Å². The van der Waals surface area contributed by atoms with Crippen molar-refractivity contribution in [2.45, 2.75) is 20.3 Å². The molecule has 0 atom stereocenters. The normalized spacial score (nSPS) is 10.8. The SMILES string of the molecule is Cc1ccc(Nc2nc(C)cc(Nc3ccc(NC(=O)Cc4c[nH]c5ccccc45)cc3)n2)cc1. The average Bonchev–Trinajstić information content (AvgIpc) is 3.24. The predicted molar refractivity (Wildman–Crippen MR) is 142 cm³/mol. The highest BCUT2D eigenvalue weighted by Crippen LogP contribution is 2.22. The first kappa shape index (κ1) is 22.2. The maximum Gasteiger partial charge on any atom is 0.229 e. The van der Waals surface area contributed by atoms with Crippen molar-refractivity contribution in [1.29, 1.82) is 0 Å². The van der Waals surface area contributed by atoms with Gasteiger partial charge >= 0.3 is 0 Å². The Balaban J connectivity index is 1.22. The number of benzene rings is 3. The Kier molecular flexibility index (Phi) is 6.13. The van der Waals surface area contributed by atoms with Crippen molar-refractivity contribution in [3.63, 3.8) is 0 Å². The lowest BCUT2D eigenvalue weighted by molar-refractivity contribution is -0.115. The molecule has 35 heavy (non-hydrogen) atoms. The molecule has 0 spiro atoms. The van der Waals surface area contributed by atoms with Gasteiger partial charge < -0.3 is 20.9 Å². The number of nitrogens with zero attached hydrogens (tertiary/aromatic N) is 2. The molecule has 5 rings (SSSR count). The van der Waals surface area contributed by atoms with Crippen LogP contribution in [0.15, 0.2) is 85.1 Å². The quantitative estimate of drug-likeness (QED) is 0.230. The topological polar surface area (TPSA) is 94.7 Å². The number of anilines is 5. The monoisotopic (exact) mass is 462 g/mol. The second-order valence-corrected chi connectivity index (χ2v) is 8.50. The third-order valence-electron chi connectivity index (χ3n) is 5.63. The fourth-order valence-corrected chi connectivity index (χ4v) is 3.90. The van der Waals surface area contributed by atoms with Gasteiger partial charge in [0, 0.05) is 45.9 Å². The average molecular weight is 463 g/mol. The molecule has 0 saturated heterocycles. The zero-order valence-corrected chi connectivity index (χ0v) is 19.6. The van der Waals surface area contributed by atoms with Crippen LogP contribution in [0, 0.1) is 13.8 Å². The molecule has 0 fully saturated rings. The van der Waals surface area contributed by atoms with Crippen LogP contribution >= 0.6 is 0 Å². The Morgan fingerprint density at radius 2 is 1.51 bits per heavy atom. The number of para-hydroxylation sites is 1. The van der Waals surface area contributed by atoms with E-state index in [1.54, 1.807) is 0 Å².